The summed E-state index contributed by atoms with van der Waals surface area (Å²) in [5.74, 6) is -1.13. The summed E-state index contributed by atoms with van der Waals surface area (Å²) in [6.07, 6.45) is 1.92. The van der Waals surface area contributed by atoms with Crippen LogP contribution in [0.15, 0.2) is 40.1 Å². The fourth-order valence-electron chi connectivity index (χ4n) is 3.05. The molecule has 0 fully saturated rings. The summed E-state index contributed by atoms with van der Waals surface area (Å²) in [6, 6.07) is 6.10. The van der Waals surface area contributed by atoms with E-state index >= 15 is 0 Å². The van der Waals surface area contributed by atoms with E-state index in [-0.39, 0.29) is 41.6 Å². The molecule has 0 bridgehead atoms. The molecule has 0 saturated carbocycles. The van der Waals surface area contributed by atoms with E-state index in [9.17, 15) is 18.8 Å². The number of benzene rings is 1. The van der Waals surface area contributed by atoms with Crippen molar-refractivity contribution in [3.63, 3.8) is 0 Å². The lowest BCUT2D eigenvalue weighted by Crippen LogP contribution is -2.42. The molecule has 1 amide bonds. The minimum absolute atomic E-state index is 0.0138. The SMILES string of the molecule is CCCn1c(N)c(N(CCOC)C(=O)c2cnc(-c3ccccc3F)s2)c(=O)[nH]c1=O. The van der Waals surface area contributed by atoms with Gasteiger partial charge < -0.3 is 10.5 Å². The van der Waals surface area contributed by atoms with Crippen LogP contribution in [0.1, 0.15) is 23.0 Å². The van der Waals surface area contributed by atoms with Gasteiger partial charge in [-0.2, -0.15) is 0 Å². The first-order valence-electron chi connectivity index (χ1n) is 9.53. The molecule has 0 aliphatic rings. The van der Waals surface area contributed by atoms with Gasteiger partial charge in [0, 0.05) is 25.8 Å². The van der Waals surface area contributed by atoms with Crippen molar-refractivity contribution in [2.75, 3.05) is 30.9 Å². The molecule has 0 atom stereocenters. The van der Waals surface area contributed by atoms with Crippen molar-refractivity contribution in [3.05, 3.63) is 62.0 Å². The number of carbonyl (C=O) groups is 1. The average Bonchev–Trinajstić information content (AvgIpc) is 3.23. The van der Waals surface area contributed by atoms with Crippen LogP contribution in [0.25, 0.3) is 10.6 Å². The van der Waals surface area contributed by atoms with Crippen molar-refractivity contribution in [2.24, 2.45) is 0 Å². The maximum absolute atomic E-state index is 14.1. The van der Waals surface area contributed by atoms with E-state index in [1.54, 1.807) is 18.2 Å². The standard InChI is InChI=1S/C20H22FN5O4S/c1-3-8-26-16(22)15(17(27)24-20(26)29)25(9-10-30-2)19(28)14-11-23-18(31-14)12-6-4-5-7-13(12)21/h4-7,11H,3,8-10,22H2,1-2H3,(H,24,27,29). The van der Waals surface area contributed by atoms with E-state index in [4.69, 9.17) is 10.5 Å². The molecule has 0 aliphatic heterocycles. The van der Waals surface area contributed by atoms with Crippen LogP contribution in [0.3, 0.4) is 0 Å². The highest BCUT2D eigenvalue weighted by Crippen LogP contribution is 2.29. The van der Waals surface area contributed by atoms with E-state index in [0.29, 0.717) is 11.4 Å². The van der Waals surface area contributed by atoms with E-state index in [1.807, 2.05) is 6.92 Å². The zero-order chi connectivity index (χ0) is 22.5. The van der Waals surface area contributed by atoms with Gasteiger partial charge >= 0.3 is 5.69 Å². The van der Waals surface area contributed by atoms with Crippen molar-refractivity contribution >= 4 is 28.7 Å². The molecule has 0 aliphatic carbocycles. The summed E-state index contributed by atoms with van der Waals surface area (Å²) in [6.45, 7) is 2.27. The summed E-state index contributed by atoms with van der Waals surface area (Å²) < 4.78 is 20.4. The Kier molecular flexibility index (Phi) is 6.98. The number of anilines is 2. The Morgan fingerprint density at radius 3 is 2.77 bits per heavy atom. The Morgan fingerprint density at radius 2 is 2.10 bits per heavy atom. The van der Waals surface area contributed by atoms with Crippen LogP contribution in [-0.2, 0) is 11.3 Å². The number of H-pyrrole nitrogens is 1. The zero-order valence-electron chi connectivity index (χ0n) is 17.1. The van der Waals surface area contributed by atoms with Crippen LogP contribution in [-0.4, -0.2) is 40.7 Å². The minimum atomic E-state index is -0.779. The van der Waals surface area contributed by atoms with Crippen LogP contribution in [0.2, 0.25) is 0 Å². The van der Waals surface area contributed by atoms with Gasteiger partial charge in [0.1, 0.15) is 21.5 Å². The van der Waals surface area contributed by atoms with Gasteiger partial charge in [0.2, 0.25) is 0 Å². The predicted molar refractivity (Wildman–Crippen MR) is 117 cm³/mol. The van der Waals surface area contributed by atoms with Crippen molar-refractivity contribution in [3.8, 4) is 10.6 Å². The Labute approximate surface area is 180 Å². The largest absolute Gasteiger partial charge is 0.383 e. The number of nitrogens with two attached hydrogens (primary N) is 1. The molecule has 3 rings (SSSR count). The number of nitrogen functional groups attached to an aromatic ring is 1. The molecule has 0 saturated heterocycles. The lowest BCUT2D eigenvalue weighted by atomic mass is 10.2. The minimum Gasteiger partial charge on any atom is -0.383 e. The molecule has 0 unspecified atom stereocenters. The number of ether oxygens (including phenoxy) is 1. The Morgan fingerprint density at radius 1 is 1.35 bits per heavy atom. The van der Waals surface area contributed by atoms with E-state index in [0.717, 1.165) is 16.2 Å². The van der Waals surface area contributed by atoms with Crippen molar-refractivity contribution in [2.45, 2.75) is 19.9 Å². The first kappa shape index (κ1) is 22.4. The number of rotatable bonds is 8. The molecule has 2 aromatic heterocycles. The quantitative estimate of drug-likeness (QED) is 0.545. The number of hydrogen-bond acceptors (Lipinski definition) is 7. The molecular weight excluding hydrogens is 425 g/mol. The van der Waals surface area contributed by atoms with Crippen LogP contribution in [0, 0.1) is 5.82 Å². The Bertz CT molecular complexity index is 1200. The smallest absolute Gasteiger partial charge is 0.330 e. The number of thiazole rings is 1. The van der Waals surface area contributed by atoms with Crippen molar-refractivity contribution < 1.29 is 13.9 Å². The van der Waals surface area contributed by atoms with E-state index in [2.05, 4.69) is 9.97 Å². The molecule has 9 nitrogen and oxygen atoms in total. The predicted octanol–water partition coefficient (Wildman–Crippen LogP) is 2.08. The van der Waals surface area contributed by atoms with Crippen molar-refractivity contribution in [1.82, 2.24) is 14.5 Å². The molecule has 0 spiro atoms. The van der Waals surface area contributed by atoms with E-state index < -0.39 is 23.0 Å². The number of methoxy groups -OCH3 is 1. The highest BCUT2D eigenvalue weighted by molar-refractivity contribution is 7.17. The van der Waals surface area contributed by atoms with Gasteiger partial charge in [0.05, 0.1) is 12.8 Å². The Hall–Kier alpha value is -3.31. The van der Waals surface area contributed by atoms with Gasteiger partial charge in [0.15, 0.2) is 5.69 Å². The van der Waals surface area contributed by atoms with Gasteiger partial charge in [-0.25, -0.2) is 14.2 Å². The van der Waals surface area contributed by atoms with Crippen LogP contribution in [0.5, 0.6) is 0 Å². The van der Waals surface area contributed by atoms with Gasteiger partial charge in [0.25, 0.3) is 11.5 Å². The zero-order valence-corrected chi connectivity index (χ0v) is 17.9. The highest BCUT2D eigenvalue weighted by Gasteiger charge is 2.27. The van der Waals surface area contributed by atoms with Crippen LogP contribution < -0.4 is 21.9 Å². The molecule has 31 heavy (non-hydrogen) atoms. The maximum atomic E-state index is 14.1. The Balaban J connectivity index is 2.06. The molecule has 3 aromatic rings. The first-order valence-corrected chi connectivity index (χ1v) is 10.3. The lowest BCUT2D eigenvalue weighted by molar-refractivity contribution is 0.0979. The normalized spacial score (nSPS) is 10.9. The molecule has 1 aromatic carbocycles. The topological polar surface area (TPSA) is 123 Å². The molecule has 2 heterocycles. The number of nitrogens with zero attached hydrogens (tertiary/aromatic N) is 3. The molecule has 0 radical (unpaired) electrons. The summed E-state index contributed by atoms with van der Waals surface area (Å²) in [7, 11) is 1.46. The second-order valence-corrected chi connectivity index (χ2v) is 7.63. The molecule has 3 N–H and O–H groups in total. The molecule has 11 heteroatoms. The number of aromatic amines is 1. The molecular formula is C20H22FN5O4S. The van der Waals surface area contributed by atoms with E-state index in [1.165, 1.54) is 23.9 Å². The van der Waals surface area contributed by atoms with Crippen molar-refractivity contribution in [1.29, 1.82) is 0 Å². The number of halogens is 1. The van der Waals surface area contributed by atoms with Gasteiger partial charge in [-0.3, -0.25) is 24.0 Å². The second-order valence-electron chi connectivity index (χ2n) is 6.60. The van der Waals surface area contributed by atoms with Gasteiger partial charge in [-0.05, 0) is 18.6 Å². The second kappa shape index (κ2) is 9.67. The number of hydrogen-bond donors (Lipinski definition) is 2. The fraction of sp³-hybridized carbons (Fsp3) is 0.300. The van der Waals surface area contributed by atoms with Gasteiger partial charge in [-0.1, -0.05) is 19.1 Å². The van der Waals surface area contributed by atoms with Gasteiger partial charge in [-0.15, -0.1) is 11.3 Å². The summed E-state index contributed by atoms with van der Waals surface area (Å²) in [4.78, 5) is 45.7. The number of carbonyl (C=O) groups excluding carboxylic acids is 1. The first-order chi connectivity index (χ1) is 14.9. The third kappa shape index (κ3) is 4.57. The third-order valence-corrected chi connectivity index (χ3v) is 5.53. The third-order valence-electron chi connectivity index (χ3n) is 4.52. The van der Waals surface area contributed by atoms with Crippen LogP contribution >= 0.6 is 11.3 Å². The lowest BCUT2D eigenvalue weighted by Gasteiger charge is -2.23. The average molecular weight is 447 g/mol. The van der Waals surface area contributed by atoms with Crippen LogP contribution in [0.4, 0.5) is 15.9 Å². The number of amides is 1. The highest BCUT2D eigenvalue weighted by atomic mass is 32.1. The number of aromatic nitrogens is 3. The number of nitrogens with one attached hydrogen (secondary N) is 1. The summed E-state index contributed by atoms with van der Waals surface area (Å²) in [5.41, 5.74) is 4.82. The summed E-state index contributed by atoms with van der Waals surface area (Å²) in [5, 5.41) is 0.325. The summed E-state index contributed by atoms with van der Waals surface area (Å²) >= 11 is 0.989. The maximum Gasteiger partial charge on any atom is 0.330 e. The monoisotopic (exact) mass is 447 g/mol. The fourth-order valence-corrected chi connectivity index (χ4v) is 3.94. The molecule has 164 valence electrons.